The number of aryl methyl sites for hydroxylation is 1. The molecule has 122 valence electrons. The van der Waals surface area contributed by atoms with Gasteiger partial charge in [-0.25, -0.2) is 9.18 Å². The van der Waals surface area contributed by atoms with Gasteiger partial charge >= 0.3 is 5.97 Å². The van der Waals surface area contributed by atoms with Gasteiger partial charge in [-0.15, -0.1) is 0 Å². The molecule has 0 N–H and O–H groups in total. The maximum absolute atomic E-state index is 12.8. The monoisotopic (exact) mass is 336 g/mol. The van der Waals surface area contributed by atoms with Crippen molar-refractivity contribution in [3.8, 4) is 11.5 Å². The zero-order valence-corrected chi connectivity index (χ0v) is 14.0. The molecule has 0 atom stereocenters. The van der Waals surface area contributed by atoms with Crippen LogP contribution in [0.1, 0.15) is 30.9 Å². The summed E-state index contributed by atoms with van der Waals surface area (Å²) in [6, 6.07) is 8.88. The molecule has 2 aromatic carbocycles. The van der Waals surface area contributed by atoms with Crippen LogP contribution in [0, 0.1) is 12.7 Å². The quantitative estimate of drug-likeness (QED) is 0.575. The Morgan fingerprint density at radius 2 is 1.87 bits per heavy atom. The van der Waals surface area contributed by atoms with Crippen molar-refractivity contribution in [2.75, 3.05) is 6.61 Å². The highest BCUT2D eigenvalue weighted by Crippen LogP contribution is 2.31. The zero-order valence-electron chi connectivity index (χ0n) is 13.2. The summed E-state index contributed by atoms with van der Waals surface area (Å²) in [6.45, 7) is 5.68. The second-order valence-corrected chi connectivity index (χ2v) is 5.92. The van der Waals surface area contributed by atoms with E-state index in [4.69, 9.17) is 21.1 Å². The Morgan fingerprint density at radius 3 is 2.48 bits per heavy atom. The second kappa shape index (κ2) is 7.47. The molecule has 0 fully saturated rings. The second-order valence-electron chi connectivity index (χ2n) is 5.51. The van der Waals surface area contributed by atoms with E-state index >= 15 is 0 Å². The van der Waals surface area contributed by atoms with E-state index < -0.39 is 5.97 Å². The summed E-state index contributed by atoms with van der Waals surface area (Å²) in [6.07, 6.45) is 0. The molecule has 0 amide bonds. The van der Waals surface area contributed by atoms with Crippen molar-refractivity contribution in [3.63, 3.8) is 0 Å². The van der Waals surface area contributed by atoms with E-state index in [0.717, 1.165) is 11.1 Å². The van der Waals surface area contributed by atoms with Crippen molar-refractivity contribution in [3.05, 3.63) is 58.4 Å². The number of esters is 1. The van der Waals surface area contributed by atoms with Gasteiger partial charge in [0.15, 0.2) is 6.61 Å². The minimum absolute atomic E-state index is 0.239. The predicted octanol–water partition coefficient (Wildman–Crippen LogP) is 4.90. The van der Waals surface area contributed by atoms with Crippen molar-refractivity contribution >= 4 is 17.6 Å². The third-order valence-electron chi connectivity index (χ3n) is 3.31. The first kappa shape index (κ1) is 17.3. The zero-order chi connectivity index (χ0) is 17.0. The van der Waals surface area contributed by atoms with Crippen LogP contribution in [0.2, 0.25) is 5.02 Å². The van der Waals surface area contributed by atoms with E-state index in [9.17, 15) is 9.18 Å². The molecule has 0 saturated carbocycles. The summed E-state index contributed by atoms with van der Waals surface area (Å²) < 4.78 is 23.4. The summed E-state index contributed by atoms with van der Waals surface area (Å²) in [5, 5.41) is 0.679. The van der Waals surface area contributed by atoms with Gasteiger partial charge in [0.05, 0.1) is 0 Å². The molecule has 0 unspecified atom stereocenters. The van der Waals surface area contributed by atoms with E-state index in [1.165, 1.54) is 24.3 Å². The number of carbonyl (C=O) groups is 1. The fraction of sp³-hybridized carbons (Fsp3) is 0.278. The lowest BCUT2D eigenvalue weighted by Crippen LogP contribution is -2.18. The van der Waals surface area contributed by atoms with E-state index in [1.54, 1.807) is 0 Å². The van der Waals surface area contributed by atoms with Gasteiger partial charge in [-0.2, -0.15) is 0 Å². The Kier molecular flexibility index (Phi) is 5.61. The van der Waals surface area contributed by atoms with Crippen LogP contribution in [0.4, 0.5) is 4.39 Å². The van der Waals surface area contributed by atoms with Crippen molar-refractivity contribution in [2.45, 2.75) is 26.7 Å². The third-order valence-corrected chi connectivity index (χ3v) is 3.63. The molecule has 0 aliphatic rings. The molecular weight excluding hydrogens is 319 g/mol. The summed E-state index contributed by atoms with van der Waals surface area (Å²) in [7, 11) is 0. The van der Waals surface area contributed by atoms with Crippen molar-refractivity contribution < 1.29 is 18.7 Å². The fourth-order valence-corrected chi connectivity index (χ4v) is 2.50. The largest absolute Gasteiger partial charge is 0.482 e. The summed E-state index contributed by atoms with van der Waals surface area (Å²) >= 11 is 6.20. The number of halogens is 2. The summed E-state index contributed by atoms with van der Waals surface area (Å²) in [4.78, 5) is 11.8. The van der Waals surface area contributed by atoms with E-state index in [2.05, 4.69) is 0 Å². The Morgan fingerprint density at radius 1 is 1.22 bits per heavy atom. The maximum atomic E-state index is 12.8. The van der Waals surface area contributed by atoms with Crippen LogP contribution in [0.15, 0.2) is 36.4 Å². The van der Waals surface area contributed by atoms with Gasteiger partial charge in [-0.3, -0.25) is 0 Å². The van der Waals surface area contributed by atoms with Gasteiger partial charge in [0.25, 0.3) is 0 Å². The molecule has 0 heterocycles. The minimum atomic E-state index is -0.558. The van der Waals surface area contributed by atoms with Crippen LogP contribution in [0.3, 0.4) is 0 Å². The smallest absolute Gasteiger partial charge is 0.349 e. The molecular formula is C18H18ClFO3. The Labute approximate surface area is 140 Å². The number of carbonyl (C=O) groups excluding carboxylic acids is 1. The molecule has 5 heteroatoms. The molecule has 0 aliphatic heterocycles. The highest BCUT2D eigenvalue weighted by atomic mass is 35.5. The topological polar surface area (TPSA) is 35.5 Å². The first-order chi connectivity index (χ1) is 10.9. The normalized spacial score (nSPS) is 10.7. The number of hydrogen-bond donors (Lipinski definition) is 0. The molecule has 0 aliphatic carbocycles. The van der Waals surface area contributed by atoms with Gasteiger partial charge in [0, 0.05) is 5.02 Å². The van der Waals surface area contributed by atoms with Crippen LogP contribution in [-0.4, -0.2) is 12.6 Å². The lowest BCUT2D eigenvalue weighted by atomic mass is 10.0. The minimum Gasteiger partial charge on any atom is -0.482 e. The highest BCUT2D eigenvalue weighted by Gasteiger charge is 2.12. The van der Waals surface area contributed by atoms with Gasteiger partial charge < -0.3 is 9.47 Å². The fourth-order valence-electron chi connectivity index (χ4n) is 2.07. The first-order valence-electron chi connectivity index (χ1n) is 7.26. The lowest BCUT2D eigenvalue weighted by Gasteiger charge is -2.14. The van der Waals surface area contributed by atoms with Crippen LogP contribution in [0.5, 0.6) is 11.5 Å². The van der Waals surface area contributed by atoms with Gasteiger partial charge in [0.1, 0.15) is 17.3 Å². The number of ether oxygens (including phenoxy) is 2. The van der Waals surface area contributed by atoms with Crippen molar-refractivity contribution in [2.24, 2.45) is 0 Å². The average molecular weight is 337 g/mol. The molecule has 0 saturated heterocycles. The number of benzene rings is 2. The van der Waals surface area contributed by atoms with Crippen LogP contribution in [0.25, 0.3) is 0 Å². The molecule has 2 rings (SSSR count). The summed E-state index contributed by atoms with van der Waals surface area (Å²) in [5.74, 6) is 0.164. The Balaban J connectivity index is 2.01. The molecule has 0 spiro atoms. The Hall–Kier alpha value is -2.07. The molecule has 2 aromatic rings. The molecule has 0 aromatic heterocycles. The third kappa shape index (κ3) is 4.70. The van der Waals surface area contributed by atoms with Crippen molar-refractivity contribution in [1.29, 1.82) is 0 Å². The Bertz CT molecular complexity index is 696. The average Bonchev–Trinajstić information content (AvgIpc) is 2.48. The van der Waals surface area contributed by atoms with E-state index in [1.807, 2.05) is 32.9 Å². The number of rotatable bonds is 5. The molecule has 3 nitrogen and oxygen atoms in total. The first-order valence-corrected chi connectivity index (χ1v) is 7.63. The van der Waals surface area contributed by atoms with Gasteiger partial charge in [0.2, 0.25) is 0 Å². The van der Waals surface area contributed by atoms with Crippen LogP contribution < -0.4 is 9.47 Å². The molecule has 0 bridgehead atoms. The predicted molar refractivity (Wildman–Crippen MR) is 87.8 cm³/mol. The molecule has 23 heavy (non-hydrogen) atoms. The SMILES string of the molecule is Cc1cc(Cl)c(C(C)C)cc1OCC(=O)Oc1ccc(F)cc1. The van der Waals surface area contributed by atoms with Crippen LogP contribution in [-0.2, 0) is 4.79 Å². The van der Waals surface area contributed by atoms with E-state index in [-0.39, 0.29) is 24.1 Å². The lowest BCUT2D eigenvalue weighted by molar-refractivity contribution is -0.136. The van der Waals surface area contributed by atoms with E-state index in [0.29, 0.717) is 10.8 Å². The van der Waals surface area contributed by atoms with Crippen LogP contribution >= 0.6 is 11.6 Å². The highest BCUT2D eigenvalue weighted by molar-refractivity contribution is 6.31. The maximum Gasteiger partial charge on any atom is 0.349 e. The van der Waals surface area contributed by atoms with Crippen molar-refractivity contribution in [1.82, 2.24) is 0 Å². The standard InChI is InChI=1S/C18H18ClFO3/c1-11(2)15-9-17(12(3)8-16(15)19)22-10-18(21)23-14-6-4-13(20)5-7-14/h4-9,11H,10H2,1-3H3. The van der Waals surface area contributed by atoms with Gasteiger partial charge in [-0.05, 0) is 60.4 Å². The number of hydrogen-bond acceptors (Lipinski definition) is 3. The van der Waals surface area contributed by atoms with Gasteiger partial charge in [-0.1, -0.05) is 25.4 Å². The molecule has 0 radical (unpaired) electrons. The summed E-state index contributed by atoms with van der Waals surface area (Å²) in [5.41, 5.74) is 1.80.